The lowest BCUT2D eigenvalue weighted by Crippen LogP contribution is -2.38. The summed E-state index contributed by atoms with van der Waals surface area (Å²) in [6.07, 6.45) is 4.85. The minimum Gasteiger partial charge on any atom is -0.349 e. The molecule has 2 aliphatic rings. The van der Waals surface area contributed by atoms with E-state index in [1.54, 1.807) is 48.5 Å². The van der Waals surface area contributed by atoms with Gasteiger partial charge in [-0.15, -0.1) is 0 Å². The van der Waals surface area contributed by atoms with Crippen molar-refractivity contribution in [2.75, 3.05) is 11.4 Å². The van der Waals surface area contributed by atoms with Gasteiger partial charge < -0.3 is 5.32 Å². The van der Waals surface area contributed by atoms with Crippen LogP contribution in [-0.4, -0.2) is 27.4 Å². The first-order valence-electron chi connectivity index (χ1n) is 9.81. The van der Waals surface area contributed by atoms with Crippen molar-refractivity contribution in [2.45, 2.75) is 43.5 Å². The van der Waals surface area contributed by atoms with Crippen LogP contribution >= 0.6 is 0 Å². The van der Waals surface area contributed by atoms with E-state index in [2.05, 4.69) is 5.32 Å². The minimum atomic E-state index is -3.63. The van der Waals surface area contributed by atoms with E-state index in [4.69, 9.17) is 0 Å². The molecule has 0 aromatic heterocycles. The molecular formula is C22H26N2O3S. The van der Waals surface area contributed by atoms with E-state index in [1.807, 2.05) is 6.92 Å². The topological polar surface area (TPSA) is 66.5 Å². The molecule has 2 aromatic rings. The van der Waals surface area contributed by atoms with Crippen LogP contribution in [0.2, 0.25) is 0 Å². The van der Waals surface area contributed by atoms with Crippen LogP contribution in [0.1, 0.15) is 41.6 Å². The van der Waals surface area contributed by atoms with Gasteiger partial charge in [-0.05, 0) is 74.4 Å². The number of nitrogens with zero attached hydrogens (tertiary/aromatic N) is 1. The summed E-state index contributed by atoms with van der Waals surface area (Å²) in [4.78, 5) is 12.8. The lowest BCUT2D eigenvalue weighted by Gasteiger charge is -2.23. The van der Waals surface area contributed by atoms with Gasteiger partial charge in [-0.1, -0.05) is 24.1 Å². The number of aryl methyl sites for hydroxylation is 1. The van der Waals surface area contributed by atoms with Crippen molar-refractivity contribution in [3.05, 3.63) is 59.7 Å². The number of fused-ring (bicyclic) bond motifs is 2. The van der Waals surface area contributed by atoms with Crippen LogP contribution in [0, 0.1) is 18.8 Å². The maximum Gasteiger partial charge on any atom is 0.264 e. The summed E-state index contributed by atoms with van der Waals surface area (Å²) >= 11 is 0. The summed E-state index contributed by atoms with van der Waals surface area (Å²) in [6, 6.07) is 13.8. The number of nitrogens with one attached hydrogen (secondary N) is 1. The zero-order chi connectivity index (χ0) is 19.9. The lowest BCUT2D eigenvalue weighted by atomic mass is 9.95. The highest BCUT2D eigenvalue weighted by Crippen LogP contribution is 2.44. The number of anilines is 1. The molecule has 0 saturated heterocycles. The van der Waals surface area contributed by atoms with E-state index in [0.717, 1.165) is 17.9 Å². The number of sulfonamides is 1. The predicted molar refractivity (Wildman–Crippen MR) is 110 cm³/mol. The standard InChI is InChI=1S/C22H26N2O3S/c1-15-3-11-20(12-4-15)28(26,27)24(2)19-9-7-17(8-10-19)22(25)23-21-14-16-5-6-18(21)13-16/h3-4,7-12,16,18,21H,5-6,13-14H2,1-2H3,(H,23,25)/t16-,18+,21+/m0/s1. The van der Waals surface area contributed by atoms with Crippen LogP contribution in [0.4, 0.5) is 5.69 Å². The average molecular weight is 399 g/mol. The SMILES string of the molecule is Cc1ccc(S(=O)(=O)N(C)c2ccc(C(=O)N[C@@H]3C[C@H]4CC[C@@H]3C4)cc2)cc1. The Balaban J connectivity index is 1.46. The van der Waals surface area contributed by atoms with Crippen LogP contribution in [-0.2, 0) is 10.0 Å². The number of benzene rings is 2. The fraction of sp³-hybridized carbons (Fsp3) is 0.409. The maximum atomic E-state index is 12.8. The molecule has 4 rings (SSSR count). The molecule has 0 unspecified atom stereocenters. The predicted octanol–water partition coefficient (Wildman–Crippen LogP) is 3.74. The van der Waals surface area contributed by atoms with E-state index in [1.165, 1.54) is 30.6 Å². The second-order valence-electron chi connectivity index (χ2n) is 8.09. The number of carbonyl (C=O) groups excluding carboxylic acids is 1. The highest BCUT2D eigenvalue weighted by Gasteiger charge is 2.40. The van der Waals surface area contributed by atoms with Crippen molar-refractivity contribution in [1.29, 1.82) is 0 Å². The third kappa shape index (κ3) is 3.53. The average Bonchev–Trinajstić information content (AvgIpc) is 3.31. The Morgan fingerprint density at radius 2 is 1.68 bits per heavy atom. The largest absolute Gasteiger partial charge is 0.349 e. The van der Waals surface area contributed by atoms with Gasteiger partial charge in [-0.25, -0.2) is 8.42 Å². The number of hydrogen-bond donors (Lipinski definition) is 1. The Kier molecular flexibility index (Phi) is 4.91. The van der Waals surface area contributed by atoms with Gasteiger partial charge in [0.15, 0.2) is 0 Å². The van der Waals surface area contributed by atoms with Gasteiger partial charge in [-0.3, -0.25) is 9.10 Å². The Labute approximate surface area is 166 Å². The molecule has 0 aliphatic heterocycles. The van der Waals surface area contributed by atoms with E-state index in [0.29, 0.717) is 17.2 Å². The van der Waals surface area contributed by atoms with Crippen LogP contribution in [0.15, 0.2) is 53.4 Å². The van der Waals surface area contributed by atoms with Gasteiger partial charge in [0.25, 0.3) is 15.9 Å². The second kappa shape index (κ2) is 7.24. The first kappa shape index (κ1) is 19.0. The normalized spacial score (nSPS) is 23.6. The molecule has 2 aliphatic carbocycles. The van der Waals surface area contributed by atoms with Crippen LogP contribution in [0.5, 0.6) is 0 Å². The maximum absolute atomic E-state index is 12.8. The van der Waals surface area contributed by atoms with Gasteiger partial charge in [0, 0.05) is 18.7 Å². The third-order valence-electron chi connectivity index (χ3n) is 6.23. The molecule has 5 nitrogen and oxygen atoms in total. The van der Waals surface area contributed by atoms with Gasteiger partial charge in [0.05, 0.1) is 10.6 Å². The first-order valence-corrected chi connectivity index (χ1v) is 11.2. The monoisotopic (exact) mass is 398 g/mol. The molecule has 0 radical (unpaired) electrons. The van der Waals surface area contributed by atoms with Gasteiger partial charge >= 0.3 is 0 Å². The Morgan fingerprint density at radius 1 is 1.00 bits per heavy atom. The molecular weight excluding hydrogens is 372 g/mol. The molecule has 2 saturated carbocycles. The molecule has 1 amide bonds. The fourth-order valence-corrected chi connectivity index (χ4v) is 5.70. The number of hydrogen-bond acceptors (Lipinski definition) is 3. The minimum absolute atomic E-state index is 0.0758. The van der Waals surface area contributed by atoms with Crippen molar-refractivity contribution >= 4 is 21.6 Å². The zero-order valence-electron chi connectivity index (χ0n) is 16.3. The molecule has 2 bridgehead atoms. The molecule has 0 heterocycles. The van der Waals surface area contributed by atoms with E-state index in [9.17, 15) is 13.2 Å². The zero-order valence-corrected chi connectivity index (χ0v) is 17.1. The molecule has 28 heavy (non-hydrogen) atoms. The van der Waals surface area contributed by atoms with Crippen LogP contribution in [0.3, 0.4) is 0 Å². The number of amides is 1. The Hall–Kier alpha value is -2.34. The third-order valence-corrected chi connectivity index (χ3v) is 8.03. The van der Waals surface area contributed by atoms with Crippen LogP contribution < -0.4 is 9.62 Å². The van der Waals surface area contributed by atoms with E-state index < -0.39 is 10.0 Å². The highest BCUT2D eigenvalue weighted by molar-refractivity contribution is 7.92. The van der Waals surface area contributed by atoms with Crippen molar-refractivity contribution in [3.63, 3.8) is 0 Å². The van der Waals surface area contributed by atoms with Crippen LogP contribution in [0.25, 0.3) is 0 Å². The fourth-order valence-electron chi connectivity index (χ4n) is 4.50. The number of carbonyl (C=O) groups is 1. The molecule has 1 N–H and O–H groups in total. The Morgan fingerprint density at radius 3 is 2.25 bits per heavy atom. The first-order chi connectivity index (χ1) is 13.3. The summed E-state index contributed by atoms with van der Waals surface area (Å²) < 4.78 is 26.9. The van der Waals surface area contributed by atoms with Gasteiger partial charge in [0.1, 0.15) is 0 Å². The Bertz CT molecular complexity index is 968. The molecule has 3 atom stereocenters. The van der Waals surface area contributed by atoms with Crippen molar-refractivity contribution in [1.82, 2.24) is 5.32 Å². The second-order valence-corrected chi connectivity index (χ2v) is 10.1. The van der Waals surface area contributed by atoms with Crippen molar-refractivity contribution in [2.24, 2.45) is 11.8 Å². The van der Waals surface area contributed by atoms with Crippen molar-refractivity contribution < 1.29 is 13.2 Å². The summed E-state index contributed by atoms with van der Waals surface area (Å²) in [5.74, 6) is 1.32. The smallest absolute Gasteiger partial charge is 0.264 e. The molecule has 2 aromatic carbocycles. The quantitative estimate of drug-likeness (QED) is 0.834. The van der Waals surface area contributed by atoms with E-state index in [-0.39, 0.29) is 16.8 Å². The number of rotatable bonds is 5. The summed E-state index contributed by atoms with van der Waals surface area (Å²) in [6.45, 7) is 1.92. The van der Waals surface area contributed by atoms with E-state index >= 15 is 0 Å². The summed E-state index contributed by atoms with van der Waals surface area (Å²) in [5, 5.41) is 3.17. The lowest BCUT2D eigenvalue weighted by molar-refractivity contribution is 0.0923. The highest BCUT2D eigenvalue weighted by atomic mass is 32.2. The molecule has 6 heteroatoms. The summed E-state index contributed by atoms with van der Waals surface area (Å²) in [5.41, 5.74) is 2.09. The van der Waals surface area contributed by atoms with Gasteiger partial charge in [0.2, 0.25) is 0 Å². The molecule has 148 valence electrons. The van der Waals surface area contributed by atoms with Crippen molar-refractivity contribution in [3.8, 4) is 0 Å². The molecule has 2 fully saturated rings. The summed E-state index contributed by atoms with van der Waals surface area (Å²) in [7, 11) is -2.11. The molecule has 0 spiro atoms. The van der Waals surface area contributed by atoms with Gasteiger partial charge in [-0.2, -0.15) is 0 Å².